The third kappa shape index (κ3) is 2.95. The Kier molecular flexibility index (Phi) is 5.87. The van der Waals surface area contributed by atoms with Crippen LogP contribution in [-0.4, -0.2) is 79.7 Å². The minimum atomic E-state index is -2.89. The molecule has 1 saturated carbocycles. The van der Waals surface area contributed by atoms with Gasteiger partial charge in [-0.05, 0) is 31.6 Å². The zero-order valence-corrected chi connectivity index (χ0v) is 18.8. The maximum absolute atomic E-state index is 13.7. The normalized spacial score (nSPS) is 33.3. The number of aromatic hydroxyl groups is 1. The lowest BCUT2D eigenvalue weighted by molar-refractivity contribution is -0.169. The molecule has 3 aliphatic carbocycles. The lowest BCUT2D eigenvalue weighted by Gasteiger charge is -2.53. The van der Waals surface area contributed by atoms with Crippen molar-refractivity contribution in [2.75, 3.05) is 14.1 Å². The average Bonchev–Trinajstić information content (AvgIpc) is 2.70. The Morgan fingerprint density at radius 1 is 1.15 bits per heavy atom. The smallest absolute Gasteiger partial charge is 0.255 e. The molecule has 33 heavy (non-hydrogen) atoms. The van der Waals surface area contributed by atoms with Crippen LogP contribution in [0.3, 0.4) is 0 Å². The van der Waals surface area contributed by atoms with Gasteiger partial charge < -0.3 is 31.3 Å². The molecule has 4 rings (SSSR count). The molecule has 1 aromatic carbocycles. The van der Waals surface area contributed by atoms with Crippen molar-refractivity contribution in [2.45, 2.75) is 30.6 Å². The number of carbonyl (C=O) groups is 3. The predicted molar refractivity (Wildman–Crippen MR) is 118 cm³/mol. The first-order chi connectivity index (χ1) is 14.9. The van der Waals surface area contributed by atoms with E-state index in [9.17, 15) is 39.9 Å². The molecule has 0 saturated heterocycles. The van der Waals surface area contributed by atoms with Crippen LogP contribution in [0.1, 0.15) is 24.0 Å². The van der Waals surface area contributed by atoms with E-state index in [1.807, 2.05) is 0 Å². The second-order valence-electron chi connectivity index (χ2n) is 8.79. The number of likely N-dealkylation sites (N-methyl/N-ethyl adjacent to an activating group) is 1. The Hall–Kier alpha value is -2.92. The van der Waals surface area contributed by atoms with E-state index in [2.05, 4.69) is 0 Å². The molecule has 0 aromatic heterocycles. The molecule has 2 unspecified atom stereocenters. The lowest BCUT2D eigenvalue weighted by atomic mass is 9.54. The van der Waals surface area contributed by atoms with Crippen LogP contribution in [0.25, 0.3) is 5.76 Å². The van der Waals surface area contributed by atoms with Crippen molar-refractivity contribution in [1.82, 2.24) is 4.90 Å². The van der Waals surface area contributed by atoms with Gasteiger partial charge in [-0.3, -0.25) is 19.3 Å². The number of phenols is 1. The van der Waals surface area contributed by atoms with Gasteiger partial charge in [0.05, 0.1) is 23.6 Å². The SMILES string of the molecule is C[C@H]1c2cccc(O)c2C(O)=C2C(=O)[C@]3(O)C(O)=C(C(N)=O)C(=O)[C@H](N(C)C)C3[C@H](O)C21.Cl. The standard InChI is InChI=1S/C22H24N2O8.ClH/c1-7-8-5-4-6-9(25)11(8)16(26)12-10(7)17(27)14-15(24(2)3)18(28)13(21(23)31)20(30)22(14,32)19(12)29;/h4-7,10,14-15,17,25-27,30,32H,1-3H3,(H2,23,31);1H/t7-,10?,14?,15+,17+,22-;/m0./s1. The molecule has 1 fully saturated rings. The topological polar surface area (TPSA) is 182 Å². The second-order valence-corrected chi connectivity index (χ2v) is 8.79. The number of nitrogens with two attached hydrogens (primary N) is 1. The van der Waals surface area contributed by atoms with E-state index in [1.165, 1.54) is 25.1 Å². The van der Waals surface area contributed by atoms with E-state index in [0.29, 0.717) is 5.56 Å². The van der Waals surface area contributed by atoms with E-state index in [4.69, 9.17) is 5.73 Å². The molecule has 11 heteroatoms. The summed E-state index contributed by atoms with van der Waals surface area (Å²) >= 11 is 0. The average molecular weight is 481 g/mol. The van der Waals surface area contributed by atoms with Gasteiger partial charge in [0.1, 0.15) is 22.8 Å². The summed E-state index contributed by atoms with van der Waals surface area (Å²) in [6.45, 7) is 1.68. The van der Waals surface area contributed by atoms with E-state index in [-0.39, 0.29) is 23.7 Å². The quantitative estimate of drug-likeness (QED) is 0.315. The highest BCUT2D eigenvalue weighted by atomic mass is 35.5. The lowest BCUT2D eigenvalue weighted by Crippen LogP contribution is -2.70. The number of hydrogen-bond acceptors (Lipinski definition) is 9. The van der Waals surface area contributed by atoms with Gasteiger partial charge in [-0.25, -0.2) is 0 Å². The van der Waals surface area contributed by atoms with Gasteiger partial charge in [-0.1, -0.05) is 19.1 Å². The van der Waals surface area contributed by atoms with E-state index < -0.39 is 75.6 Å². The summed E-state index contributed by atoms with van der Waals surface area (Å²) in [6.07, 6.45) is -1.59. The summed E-state index contributed by atoms with van der Waals surface area (Å²) in [7, 11) is 2.92. The number of aliphatic hydroxyl groups is 4. The Labute approximate surface area is 195 Å². The van der Waals surface area contributed by atoms with Crippen LogP contribution in [0.4, 0.5) is 0 Å². The van der Waals surface area contributed by atoms with Gasteiger partial charge >= 0.3 is 0 Å². The molecule has 0 radical (unpaired) electrons. The number of Topliss-reactive ketones (excluding diaryl/α,β-unsaturated/α-hetero) is 2. The third-order valence-electron chi connectivity index (χ3n) is 6.99. The highest BCUT2D eigenvalue weighted by Gasteiger charge is 2.68. The third-order valence-corrected chi connectivity index (χ3v) is 6.99. The van der Waals surface area contributed by atoms with Crippen LogP contribution in [0.2, 0.25) is 0 Å². The summed E-state index contributed by atoms with van der Waals surface area (Å²) in [5.74, 6) is -8.87. The maximum atomic E-state index is 13.7. The van der Waals surface area contributed by atoms with Crippen LogP contribution in [-0.2, 0) is 14.4 Å². The molecule has 0 heterocycles. The van der Waals surface area contributed by atoms with Gasteiger partial charge in [0.2, 0.25) is 5.78 Å². The van der Waals surface area contributed by atoms with Gasteiger partial charge in [-0.15, -0.1) is 12.4 Å². The molecule has 178 valence electrons. The summed E-state index contributed by atoms with van der Waals surface area (Å²) < 4.78 is 0. The highest BCUT2D eigenvalue weighted by Crippen LogP contribution is 2.55. The molecule has 1 aromatic rings. The number of carbonyl (C=O) groups excluding carboxylic acids is 3. The first-order valence-electron chi connectivity index (χ1n) is 10.0. The van der Waals surface area contributed by atoms with E-state index >= 15 is 0 Å². The number of hydrogen-bond donors (Lipinski definition) is 6. The Morgan fingerprint density at radius 2 is 1.76 bits per heavy atom. The predicted octanol–water partition coefficient (Wildman–Crippen LogP) is -0.0824. The largest absolute Gasteiger partial charge is 0.508 e. The van der Waals surface area contributed by atoms with Crippen molar-refractivity contribution in [1.29, 1.82) is 0 Å². The summed E-state index contributed by atoms with van der Waals surface area (Å²) in [6, 6.07) is 3.13. The Morgan fingerprint density at radius 3 is 2.30 bits per heavy atom. The highest BCUT2D eigenvalue weighted by molar-refractivity contribution is 6.24. The molecule has 7 N–H and O–H groups in total. The van der Waals surface area contributed by atoms with Crippen molar-refractivity contribution in [2.24, 2.45) is 17.6 Å². The second kappa shape index (κ2) is 7.84. The summed E-state index contributed by atoms with van der Waals surface area (Å²) in [5, 5.41) is 54.9. The van der Waals surface area contributed by atoms with Crippen LogP contribution < -0.4 is 5.73 Å². The van der Waals surface area contributed by atoms with E-state index in [0.717, 1.165) is 0 Å². The zero-order chi connectivity index (χ0) is 23.9. The fourth-order valence-electron chi connectivity index (χ4n) is 5.58. The van der Waals surface area contributed by atoms with Gasteiger partial charge in [-0.2, -0.15) is 0 Å². The fraction of sp³-hybridized carbons (Fsp3) is 0.409. The molecular formula is C22H25ClN2O8. The molecule has 1 amide bonds. The van der Waals surface area contributed by atoms with Crippen LogP contribution in [0.15, 0.2) is 35.1 Å². The molecule has 0 bridgehead atoms. The number of fused-ring (bicyclic) bond motifs is 3. The fourth-order valence-corrected chi connectivity index (χ4v) is 5.58. The number of rotatable bonds is 2. The van der Waals surface area contributed by atoms with Gasteiger partial charge in [0.25, 0.3) is 5.91 Å². The molecule has 0 spiro atoms. The number of ketones is 2. The van der Waals surface area contributed by atoms with Gasteiger partial charge in [0, 0.05) is 11.5 Å². The van der Waals surface area contributed by atoms with Crippen molar-refractivity contribution in [3.05, 3.63) is 46.2 Å². The minimum absolute atomic E-state index is 0. The number of benzene rings is 1. The number of amides is 1. The van der Waals surface area contributed by atoms with Crippen molar-refractivity contribution in [3.63, 3.8) is 0 Å². The first kappa shape index (κ1) is 24.7. The number of primary amides is 1. The number of aliphatic hydroxyl groups excluding tert-OH is 3. The maximum Gasteiger partial charge on any atom is 0.255 e. The summed E-state index contributed by atoms with van der Waals surface area (Å²) in [5.41, 5.74) is 1.47. The van der Waals surface area contributed by atoms with Crippen LogP contribution in [0, 0.1) is 11.8 Å². The van der Waals surface area contributed by atoms with Crippen molar-refractivity contribution in [3.8, 4) is 5.75 Å². The minimum Gasteiger partial charge on any atom is -0.508 e. The number of halogens is 1. The molecule has 3 aliphatic rings. The summed E-state index contributed by atoms with van der Waals surface area (Å²) in [4.78, 5) is 40.0. The van der Waals surface area contributed by atoms with Crippen LogP contribution in [0.5, 0.6) is 5.75 Å². The van der Waals surface area contributed by atoms with E-state index in [1.54, 1.807) is 19.1 Å². The van der Waals surface area contributed by atoms with Crippen molar-refractivity contribution < 1.29 is 39.9 Å². The molecule has 0 aliphatic heterocycles. The number of phenolic OH excluding ortho intramolecular Hbond substituents is 1. The zero-order valence-electron chi connectivity index (χ0n) is 18.0. The first-order valence-corrected chi connectivity index (χ1v) is 10.0. The monoisotopic (exact) mass is 480 g/mol. The Balaban J connectivity index is 0.00000306. The van der Waals surface area contributed by atoms with Gasteiger partial charge in [0.15, 0.2) is 11.4 Å². The van der Waals surface area contributed by atoms with Crippen molar-refractivity contribution >= 4 is 35.6 Å². The molecule has 6 atom stereocenters. The molecular weight excluding hydrogens is 456 g/mol. The van der Waals surface area contributed by atoms with Crippen LogP contribution >= 0.6 is 12.4 Å². The Bertz CT molecular complexity index is 1140. The molecule has 10 nitrogen and oxygen atoms in total. The number of nitrogens with zero attached hydrogens (tertiary/aromatic N) is 1.